The second-order valence-corrected chi connectivity index (χ2v) is 9.82. The molecule has 0 aromatic carbocycles. The summed E-state index contributed by atoms with van der Waals surface area (Å²) in [5.41, 5.74) is -0.364. The van der Waals surface area contributed by atoms with Gasteiger partial charge in [0, 0.05) is 5.38 Å². The van der Waals surface area contributed by atoms with Gasteiger partial charge in [0.05, 0.1) is 12.8 Å². The van der Waals surface area contributed by atoms with Gasteiger partial charge >= 0.3 is 39.9 Å². The average Bonchev–Trinajstić information content (AvgIpc) is 2.95. The fourth-order valence-electron chi connectivity index (χ4n) is 1.89. The zero-order chi connectivity index (χ0) is 21.3. The van der Waals surface area contributed by atoms with Gasteiger partial charge in [-0.05, 0) is 13.8 Å². The Hall–Kier alpha value is -1.30. The SMILES string of the molecule is CC(C)ON=C(C(=O)NC1CN(S(=O)(=O)O)C1=O)c1csc(NS(C)(=O)=O)n1.[H-].[Na+]. The molecule has 158 valence electrons. The third-order valence-corrected chi connectivity index (χ3v) is 5.40. The summed E-state index contributed by atoms with van der Waals surface area (Å²) in [6.45, 7) is 2.85. The van der Waals surface area contributed by atoms with Gasteiger partial charge in [0.2, 0.25) is 10.0 Å². The third kappa shape index (κ3) is 7.16. The van der Waals surface area contributed by atoms with Crippen molar-refractivity contribution >= 4 is 54.3 Å². The van der Waals surface area contributed by atoms with E-state index < -0.39 is 50.8 Å². The molecule has 2 amide bonds. The molecule has 1 aromatic rings. The van der Waals surface area contributed by atoms with E-state index in [9.17, 15) is 26.4 Å². The van der Waals surface area contributed by atoms with E-state index in [1.165, 1.54) is 5.38 Å². The largest absolute Gasteiger partial charge is 1.00 e. The molecule has 1 saturated heterocycles. The van der Waals surface area contributed by atoms with Crippen LogP contribution in [-0.2, 0) is 34.8 Å². The first kappa shape index (κ1) is 25.7. The van der Waals surface area contributed by atoms with Crippen molar-refractivity contribution in [2.24, 2.45) is 5.16 Å². The Labute approximate surface area is 194 Å². The van der Waals surface area contributed by atoms with E-state index in [1.54, 1.807) is 13.8 Å². The zero-order valence-electron chi connectivity index (χ0n) is 16.8. The summed E-state index contributed by atoms with van der Waals surface area (Å²) in [6.07, 6.45) is 0.538. The van der Waals surface area contributed by atoms with Gasteiger partial charge in [0.15, 0.2) is 10.8 Å². The van der Waals surface area contributed by atoms with Crippen LogP contribution >= 0.6 is 11.3 Å². The van der Waals surface area contributed by atoms with Crippen LogP contribution in [0.3, 0.4) is 0 Å². The maximum atomic E-state index is 12.5. The average molecular weight is 479 g/mol. The van der Waals surface area contributed by atoms with Crippen LogP contribution in [0.1, 0.15) is 21.0 Å². The second kappa shape index (κ2) is 9.67. The van der Waals surface area contributed by atoms with E-state index in [0.29, 0.717) is 0 Å². The summed E-state index contributed by atoms with van der Waals surface area (Å²) in [6, 6.07) is -1.19. The maximum Gasteiger partial charge on any atom is 1.00 e. The van der Waals surface area contributed by atoms with Crippen LogP contribution in [0, 0.1) is 0 Å². The van der Waals surface area contributed by atoms with Crippen molar-refractivity contribution in [1.82, 2.24) is 14.6 Å². The van der Waals surface area contributed by atoms with Crippen LogP contribution in [-0.4, -0.2) is 73.1 Å². The predicted octanol–water partition coefficient (Wildman–Crippen LogP) is -4.11. The van der Waals surface area contributed by atoms with Gasteiger partial charge in [-0.1, -0.05) is 5.16 Å². The summed E-state index contributed by atoms with van der Waals surface area (Å²) in [5.74, 6) is -1.91. The van der Waals surface area contributed by atoms with Crippen molar-refractivity contribution in [3.8, 4) is 0 Å². The molecule has 0 saturated carbocycles. The topological polar surface area (TPSA) is 184 Å². The molecular formula is C12H18N5NaO8S3. The van der Waals surface area contributed by atoms with E-state index >= 15 is 0 Å². The number of carbonyl (C=O) groups is 2. The molecule has 13 nitrogen and oxygen atoms in total. The summed E-state index contributed by atoms with van der Waals surface area (Å²) < 4.78 is 55.6. The minimum atomic E-state index is -4.69. The molecule has 1 atom stereocenters. The van der Waals surface area contributed by atoms with E-state index in [4.69, 9.17) is 9.39 Å². The number of carbonyl (C=O) groups excluding carboxylic acids is 2. The fourth-order valence-corrected chi connectivity index (χ4v) is 4.13. The van der Waals surface area contributed by atoms with Crippen molar-refractivity contribution in [2.45, 2.75) is 26.0 Å². The molecule has 1 aliphatic rings. The predicted molar refractivity (Wildman–Crippen MR) is 99.6 cm³/mol. The Kier molecular flexibility index (Phi) is 8.58. The van der Waals surface area contributed by atoms with Crippen molar-refractivity contribution < 1.29 is 66.8 Å². The molecule has 3 N–H and O–H groups in total. The van der Waals surface area contributed by atoms with Gasteiger partial charge in [-0.3, -0.25) is 18.9 Å². The molecule has 1 aliphatic heterocycles. The first-order valence-electron chi connectivity index (χ1n) is 7.55. The minimum Gasteiger partial charge on any atom is -1.00 e. The van der Waals surface area contributed by atoms with Gasteiger partial charge in [-0.15, -0.1) is 11.3 Å². The van der Waals surface area contributed by atoms with Crippen LogP contribution in [0.2, 0.25) is 0 Å². The molecule has 29 heavy (non-hydrogen) atoms. The summed E-state index contributed by atoms with van der Waals surface area (Å²) >= 11 is 0.894. The number of thiazole rings is 1. The Morgan fingerprint density at radius 1 is 1.45 bits per heavy atom. The molecule has 1 aromatic heterocycles. The molecule has 0 aliphatic carbocycles. The number of anilines is 1. The molecule has 1 unspecified atom stereocenters. The molecule has 0 bridgehead atoms. The van der Waals surface area contributed by atoms with Gasteiger partial charge < -0.3 is 11.6 Å². The van der Waals surface area contributed by atoms with Crippen molar-refractivity contribution in [2.75, 3.05) is 17.5 Å². The second-order valence-electron chi connectivity index (χ2n) is 5.88. The maximum absolute atomic E-state index is 12.5. The Balaban J connectivity index is 0.00000420. The Morgan fingerprint density at radius 2 is 2.07 bits per heavy atom. The number of rotatable bonds is 8. The molecule has 17 heteroatoms. The normalized spacial score (nSPS) is 17.4. The fraction of sp³-hybridized carbons (Fsp3) is 0.500. The number of sulfonamides is 1. The van der Waals surface area contributed by atoms with Gasteiger partial charge in [-0.25, -0.2) is 17.7 Å². The van der Waals surface area contributed by atoms with Gasteiger partial charge in [0.25, 0.3) is 11.8 Å². The molecule has 2 heterocycles. The van der Waals surface area contributed by atoms with Crippen LogP contribution in [0.4, 0.5) is 5.13 Å². The van der Waals surface area contributed by atoms with E-state index in [-0.39, 0.29) is 51.8 Å². The summed E-state index contributed by atoms with van der Waals surface area (Å²) in [7, 11) is -8.27. The van der Waals surface area contributed by atoms with E-state index in [2.05, 4.69) is 20.2 Å². The first-order chi connectivity index (χ1) is 12.8. The Bertz CT molecular complexity index is 1030. The number of hydrogen-bond donors (Lipinski definition) is 3. The van der Waals surface area contributed by atoms with Crippen LogP contribution < -0.4 is 39.6 Å². The van der Waals surface area contributed by atoms with Crippen LogP contribution in [0.25, 0.3) is 0 Å². The summed E-state index contributed by atoms with van der Waals surface area (Å²) in [5, 5.41) is 7.28. The number of hydrogen-bond acceptors (Lipinski definition) is 10. The molecular weight excluding hydrogens is 461 g/mol. The number of aromatic nitrogens is 1. The third-order valence-electron chi connectivity index (χ3n) is 3.07. The van der Waals surface area contributed by atoms with Crippen molar-refractivity contribution in [1.29, 1.82) is 0 Å². The molecule has 2 rings (SSSR count). The first-order valence-corrected chi connectivity index (χ1v) is 11.7. The molecule has 1 fully saturated rings. The molecule has 0 spiro atoms. The van der Waals surface area contributed by atoms with E-state index in [1.807, 2.05) is 0 Å². The monoisotopic (exact) mass is 479 g/mol. The summed E-state index contributed by atoms with van der Waals surface area (Å²) in [4.78, 5) is 33.2. The zero-order valence-corrected chi connectivity index (χ0v) is 20.3. The number of nitrogens with zero attached hydrogens (tertiary/aromatic N) is 3. The standard InChI is InChI=1S/C12H17N5O8S3.Na.H/c1-6(2)25-15-9(8-5-26-12(14-8)16-27(3,20)21)10(18)13-7-4-17(11(7)19)28(22,23)24;;/h5-7H,4H2,1-3H3,(H,13,18)(H,14,16)(H,22,23,24);;/q;+1;-1. The van der Waals surface area contributed by atoms with Crippen LogP contribution in [0.15, 0.2) is 10.5 Å². The number of nitrogens with one attached hydrogen (secondary N) is 2. The van der Waals surface area contributed by atoms with E-state index in [0.717, 1.165) is 17.6 Å². The number of amides is 2. The Morgan fingerprint density at radius 3 is 2.55 bits per heavy atom. The van der Waals surface area contributed by atoms with Crippen molar-refractivity contribution in [3.05, 3.63) is 11.1 Å². The van der Waals surface area contributed by atoms with Crippen LogP contribution in [0.5, 0.6) is 0 Å². The minimum absolute atomic E-state index is 0. The van der Waals surface area contributed by atoms with Crippen molar-refractivity contribution in [3.63, 3.8) is 0 Å². The van der Waals surface area contributed by atoms with Gasteiger partial charge in [0.1, 0.15) is 17.8 Å². The smallest absolute Gasteiger partial charge is 1.00 e. The quantitative estimate of drug-likeness (QED) is 0.110. The van der Waals surface area contributed by atoms with Gasteiger partial charge in [-0.2, -0.15) is 8.42 Å². The molecule has 0 radical (unpaired) electrons. The number of oxime groups is 1. The number of β-lactam (4-membered cyclic amide) rings is 1.